The van der Waals surface area contributed by atoms with Crippen LogP contribution >= 0.6 is 23.2 Å². The second-order valence-electron chi connectivity index (χ2n) is 11.9. The Morgan fingerprint density at radius 2 is 1.49 bits per heavy atom. The van der Waals surface area contributed by atoms with Crippen molar-refractivity contribution in [1.29, 1.82) is 0 Å². The summed E-state index contributed by atoms with van der Waals surface area (Å²) in [7, 11) is -4.20. The van der Waals surface area contributed by atoms with Crippen LogP contribution in [0.25, 0.3) is 0 Å². The number of halogens is 2. The van der Waals surface area contributed by atoms with Crippen LogP contribution in [0, 0.1) is 12.8 Å². The van der Waals surface area contributed by atoms with E-state index in [2.05, 4.69) is 5.32 Å². The van der Waals surface area contributed by atoms with E-state index >= 15 is 0 Å². The maximum absolute atomic E-state index is 14.7. The van der Waals surface area contributed by atoms with Crippen LogP contribution in [0.5, 0.6) is 0 Å². The molecule has 10 heteroatoms. The van der Waals surface area contributed by atoms with Gasteiger partial charge in [-0.1, -0.05) is 116 Å². The van der Waals surface area contributed by atoms with Gasteiger partial charge >= 0.3 is 0 Å². The molecule has 4 rings (SSSR count). The number of hydrogen-bond acceptors (Lipinski definition) is 4. The molecule has 0 spiro atoms. The number of sulfonamides is 1. The van der Waals surface area contributed by atoms with Crippen LogP contribution in [0.2, 0.25) is 10.0 Å². The summed E-state index contributed by atoms with van der Waals surface area (Å²) in [6.45, 7) is 7.67. The van der Waals surface area contributed by atoms with Gasteiger partial charge in [0.05, 0.1) is 20.6 Å². The normalized spacial score (nSPS) is 12.1. The SMILES string of the molecule is CCc1ccccc1N(CC(=O)N(Cc1ccc(Cl)c(Cl)c1)[C@H](Cc1ccccc1)C(=O)NCC(C)C)S(=O)(=O)c1ccc(C)cc1. The van der Waals surface area contributed by atoms with Gasteiger partial charge in [-0.25, -0.2) is 8.42 Å². The number of carbonyl (C=O) groups is 2. The van der Waals surface area contributed by atoms with E-state index in [0.717, 1.165) is 21.0 Å². The average Bonchev–Trinajstić information content (AvgIpc) is 3.06. The van der Waals surface area contributed by atoms with E-state index in [4.69, 9.17) is 23.2 Å². The van der Waals surface area contributed by atoms with Crippen LogP contribution in [-0.4, -0.2) is 44.3 Å². The lowest BCUT2D eigenvalue weighted by Crippen LogP contribution is -2.53. The maximum Gasteiger partial charge on any atom is 0.264 e. The molecular formula is C37H41Cl2N3O4S. The molecular weight excluding hydrogens is 653 g/mol. The zero-order chi connectivity index (χ0) is 34.1. The minimum atomic E-state index is -4.20. The Morgan fingerprint density at radius 1 is 0.830 bits per heavy atom. The molecule has 4 aromatic carbocycles. The van der Waals surface area contributed by atoms with Crippen molar-refractivity contribution in [3.8, 4) is 0 Å². The highest BCUT2D eigenvalue weighted by Gasteiger charge is 2.35. The van der Waals surface area contributed by atoms with Crippen molar-refractivity contribution >= 4 is 50.7 Å². The van der Waals surface area contributed by atoms with Gasteiger partial charge in [-0.05, 0) is 66.3 Å². The van der Waals surface area contributed by atoms with E-state index in [1.54, 1.807) is 54.6 Å². The van der Waals surface area contributed by atoms with E-state index in [0.29, 0.717) is 34.3 Å². The standard InChI is InChI=1S/C37H41Cl2N3O4S/c1-5-30-13-9-10-14-34(30)42(47(45,46)31-18-15-27(4)16-19-31)25-36(43)41(24-29-17-20-32(38)33(39)21-29)35(37(44)40-23-26(2)3)22-28-11-7-6-8-12-28/h6-21,26,35H,5,22-25H2,1-4H3,(H,40,44)/t35-/m1/s1. The smallest absolute Gasteiger partial charge is 0.264 e. The third kappa shape index (κ3) is 9.37. The lowest BCUT2D eigenvalue weighted by atomic mass is 10.0. The molecule has 0 aliphatic rings. The Kier molecular flexibility index (Phi) is 12.5. The van der Waals surface area contributed by atoms with E-state index < -0.39 is 28.5 Å². The third-order valence-corrected chi connectivity index (χ3v) is 10.3. The quantitative estimate of drug-likeness (QED) is 0.148. The number of anilines is 1. The highest BCUT2D eigenvalue weighted by Crippen LogP contribution is 2.29. The zero-order valence-corrected chi connectivity index (χ0v) is 29.4. The first-order valence-corrected chi connectivity index (χ1v) is 17.8. The summed E-state index contributed by atoms with van der Waals surface area (Å²) in [5.41, 5.74) is 3.57. The van der Waals surface area contributed by atoms with Crippen LogP contribution in [-0.2, 0) is 39.0 Å². The number of hydrogen-bond donors (Lipinski definition) is 1. The summed E-state index contributed by atoms with van der Waals surface area (Å²) in [6.07, 6.45) is 0.763. The molecule has 0 saturated carbocycles. The Labute approximate surface area is 288 Å². The van der Waals surface area contributed by atoms with Crippen molar-refractivity contribution < 1.29 is 18.0 Å². The Hall–Kier alpha value is -3.85. The number of benzene rings is 4. The van der Waals surface area contributed by atoms with Gasteiger partial charge < -0.3 is 10.2 Å². The Balaban J connectivity index is 1.84. The van der Waals surface area contributed by atoms with E-state index in [-0.39, 0.29) is 29.7 Å². The van der Waals surface area contributed by atoms with Crippen molar-refractivity contribution in [2.75, 3.05) is 17.4 Å². The van der Waals surface area contributed by atoms with Gasteiger partial charge in [-0.2, -0.15) is 0 Å². The molecule has 4 aromatic rings. The Bertz CT molecular complexity index is 1780. The molecule has 1 atom stereocenters. The maximum atomic E-state index is 14.7. The minimum absolute atomic E-state index is 0.00380. The molecule has 1 N–H and O–H groups in total. The van der Waals surface area contributed by atoms with Gasteiger partial charge in [0.2, 0.25) is 11.8 Å². The highest BCUT2D eigenvalue weighted by molar-refractivity contribution is 7.92. The fourth-order valence-electron chi connectivity index (χ4n) is 5.22. The number of nitrogens with zero attached hydrogens (tertiary/aromatic N) is 2. The summed E-state index contributed by atoms with van der Waals surface area (Å²) in [4.78, 5) is 30.1. The molecule has 7 nitrogen and oxygen atoms in total. The summed E-state index contributed by atoms with van der Waals surface area (Å²) in [5, 5.41) is 3.66. The largest absolute Gasteiger partial charge is 0.354 e. The summed E-state index contributed by atoms with van der Waals surface area (Å²) in [5.74, 6) is -0.701. The molecule has 0 aliphatic heterocycles. The van der Waals surface area contributed by atoms with E-state index in [9.17, 15) is 18.0 Å². The lowest BCUT2D eigenvalue weighted by molar-refractivity contribution is -0.140. The van der Waals surface area contributed by atoms with Crippen molar-refractivity contribution in [3.63, 3.8) is 0 Å². The van der Waals surface area contributed by atoms with Crippen LogP contribution in [0.3, 0.4) is 0 Å². The first kappa shape index (κ1) is 36.0. The van der Waals surface area contributed by atoms with Crippen molar-refractivity contribution in [2.45, 2.75) is 58.0 Å². The molecule has 0 radical (unpaired) electrons. The molecule has 0 fully saturated rings. The molecule has 0 heterocycles. The average molecular weight is 695 g/mol. The predicted octanol–water partition coefficient (Wildman–Crippen LogP) is 7.47. The summed E-state index contributed by atoms with van der Waals surface area (Å²) >= 11 is 12.6. The lowest BCUT2D eigenvalue weighted by Gasteiger charge is -2.34. The number of rotatable bonds is 14. The van der Waals surface area contributed by atoms with Crippen LogP contribution in [0.15, 0.2) is 102 Å². The second-order valence-corrected chi connectivity index (χ2v) is 14.6. The van der Waals surface area contributed by atoms with Gasteiger partial charge in [0.15, 0.2) is 0 Å². The van der Waals surface area contributed by atoms with Crippen LogP contribution in [0.1, 0.15) is 43.0 Å². The number of para-hydroxylation sites is 1. The van der Waals surface area contributed by atoms with Gasteiger partial charge in [-0.3, -0.25) is 13.9 Å². The second kappa shape index (κ2) is 16.3. The number of amides is 2. The number of carbonyl (C=O) groups excluding carboxylic acids is 2. The highest BCUT2D eigenvalue weighted by atomic mass is 35.5. The fourth-order valence-corrected chi connectivity index (χ4v) is 6.99. The molecule has 248 valence electrons. The van der Waals surface area contributed by atoms with Crippen LogP contribution in [0.4, 0.5) is 5.69 Å². The molecule has 0 bridgehead atoms. The third-order valence-electron chi connectivity index (χ3n) is 7.82. The molecule has 47 heavy (non-hydrogen) atoms. The minimum Gasteiger partial charge on any atom is -0.354 e. The van der Waals surface area contributed by atoms with Gasteiger partial charge in [0.1, 0.15) is 12.6 Å². The topological polar surface area (TPSA) is 86.8 Å². The van der Waals surface area contributed by atoms with Crippen molar-refractivity contribution in [2.24, 2.45) is 5.92 Å². The predicted molar refractivity (Wildman–Crippen MR) is 190 cm³/mol. The van der Waals surface area contributed by atoms with E-state index in [1.165, 1.54) is 4.90 Å². The first-order chi connectivity index (χ1) is 22.4. The fraction of sp³-hybridized carbons (Fsp3) is 0.297. The summed E-state index contributed by atoms with van der Waals surface area (Å²) in [6, 6.07) is 27.2. The van der Waals surface area contributed by atoms with Crippen LogP contribution < -0.4 is 9.62 Å². The monoisotopic (exact) mass is 693 g/mol. The van der Waals surface area contributed by atoms with E-state index in [1.807, 2.05) is 70.2 Å². The number of nitrogens with one attached hydrogen (secondary N) is 1. The molecule has 0 aliphatic carbocycles. The molecule has 0 saturated heterocycles. The Morgan fingerprint density at radius 3 is 2.13 bits per heavy atom. The van der Waals surface area contributed by atoms with Gasteiger partial charge in [0.25, 0.3) is 10.0 Å². The first-order valence-electron chi connectivity index (χ1n) is 15.6. The number of aryl methyl sites for hydroxylation is 2. The summed E-state index contributed by atoms with van der Waals surface area (Å²) < 4.78 is 29.8. The van der Waals surface area contributed by atoms with Gasteiger partial charge in [-0.15, -0.1) is 0 Å². The molecule has 2 amide bonds. The molecule has 0 unspecified atom stereocenters. The van der Waals surface area contributed by atoms with Crippen molar-refractivity contribution in [1.82, 2.24) is 10.2 Å². The molecule has 0 aromatic heterocycles. The zero-order valence-electron chi connectivity index (χ0n) is 27.1. The van der Waals surface area contributed by atoms with Crippen molar-refractivity contribution in [3.05, 3.63) is 129 Å². The van der Waals surface area contributed by atoms with Gasteiger partial charge in [0, 0.05) is 19.5 Å².